The third-order valence-corrected chi connectivity index (χ3v) is 4.12. The average Bonchev–Trinajstić information content (AvgIpc) is 3.05. The molecule has 0 aliphatic carbocycles. The van der Waals surface area contributed by atoms with Crippen LogP contribution in [-0.2, 0) is 11.8 Å². The number of aromatic nitrogens is 3. The number of nitrogens with zero attached hydrogens (tertiary/aromatic N) is 4. The summed E-state index contributed by atoms with van der Waals surface area (Å²) < 4.78 is 1.66. The highest BCUT2D eigenvalue weighted by atomic mass is 16.2. The summed E-state index contributed by atoms with van der Waals surface area (Å²) in [6.07, 6.45) is 3.17. The number of carbonyl (C=O) groups is 2. The Morgan fingerprint density at radius 2 is 2.26 bits per heavy atom. The SMILES string of the molecule is Cc1cc(C(=O)NC(C)CN2CCCC2=O)c2cnn(C)c2n1. The van der Waals surface area contributed by atoms with E-state index in [4.69, 9.17) is 0 Å². The van der Waals surface area contributed by atoms with Gasteiger partial charge in [0.1, 0.15) is 0 Å². The van der Waals surface area contributed by atoms with Crippen LogP contribution in [0, 0.1) is 6.92 Å². The highest BCUT2D eigenvalue weighted by Gasteiger charge is 2.23. The second kappa shape index (κ2) is 5.98. The van der Waals surface area contributed by atoms with Crippen molar-refractivity contribution in [3.63, 3.8) is 0 Å². The molecule has 122 valence electrons. The Morgan fingerprint density at radius 3 is 2.96 bits per heavy atom. The molecule has 1 unspecified atom stereocenters. The molecule has 0 radical (unpaired) electrons. The highest BCUT2D eigenvalue weighted by Crippen LogP contribution is 2.18. The van der Waals surface area contributed by atoms with E-state index in [1.165, 1.54) is 0 Å². The number of fused-ring (bicyclic) bond motifs is 1. The normalized spacial score (nSPS) is 16.1. The van der Waals surface area contributed by atoms with Gasteiger partial charge < -0.3 is 10.2 Å². The second-order valence-electron chi connectivity index (χ2n) is 6.13. The first-order valence-electron chi connectivity index (χ1n) is 7.83. The lowest BCUT2D eigenvalue weighted by Gasteiger charge is -2.21. The molecule has 2 aromatic heterocycles. The summed E-state index contributed by atoms with van der Waals surface area (Å²) in [5, 5.41) is 7.88. The van der Waals surface area contributed by atoms with Gasteiger partial charge in [-0.1, -0.05) is 0 Å². The maximum absolute atomic E-state index is 12.6. The van der Waals surface area contributed by atoms with Crippen LogP contribution in [0.4, 0.5) is 0 Å². The van der Waals surface area contributed by atoms with Gasteiger partial charge in [-0.05, 0) is 26.3 Å². The van der Waals surface area contributed by atoms with Crippen LogP contribution in [0.15, 0.2) is 12.3 Å². The Kier molecular flexibility index (Phi) is 4.02. The van der Waals surface area contributed by atoms with Crippen molar-refractivity contribution in [2.24, 2.45) is 7.05 Å². The van der Waals surface area contributed by atoms with Crippen molar-refractivity contribution in [3.8, 4) is 0 Å². The lowest BCUT2D eigenvalue weighted by atomic mass is 10.1. The number of amides is 2. The largest absolute Gasteiger partial charge is 0.348 e. The summed E-state index contributed by atoms with van der Waals surface area (Å²) in [4.78, 5) is 30.5. The van der Waals surface area contributed by atoms with E-state index in [0.29, 0.717) is 24.2 Å². The maximum atomic E-state index is 12.6. The van der Waals surface area contributed by atoms with E-state index in [0.717, 1.165) is 24.0 Å². The van der Waals surface area contributed by atoms with E-state index in [1.807, 2.05) is 18.7 Å². The van der Waals surface area contributed by atoms with Crippen LogP contribution in [0.25, 0.3) is 11.0 Å². The van der Waals surface area contributed by atoms with Gasteiger partial charge in [0.05, 0.1) is 17.1 Å². The van der Waals surface area contributed by atoms with Gasteiger partial charge in [0, 0.05) is 38.3 Å². The van der Waals surface area contributed by atoms with Gasteiger partial charge in [-0.25, -0.2) is 4.98 Å². The predicted octanol–water partition coefficient (Wildman–Crippen LogP) is 1.02. The molecule has 3 heterocycles. The third-order valence-electron chi connectivity index (χ3n) is 4.12. The number of hydrogen-bond donors (Lipinski definition) is 1. The van der Waals surface area contributed by atoms with Crippen LogP contribution in [-0.4, -0.2) is 50.6 Å². The Balaban J connectivity index is 1.76. The van der Waals surface area contributed by atoms with E-state index in [9.17, 15) is 9.59 Å². The van der Waals surface area contributed by atoms with Gasteiger partial charge in [-0.15, -0.1) is 0 Å². The molecule has 1 aliphatic heterocycles. The first-order chi connectivity index (χ1) is 11.0. The molecular formula is C16H21N5O2. The van der Waals surface area contributed by atoms with Gasteiger partial charge in [-0.2, -0.15) is 5.10 Å². The molecule has 2 amide bonds. The zero-order chi connectivity index (χ0) is 16.6. The maximum Gasteiger partial charge on any atom is 0.252 e. The third kappa shape index (κ3) is 3.04. The van der Waals surface area contributed by atoms with Crippen LogP contribution in [0.5, 0.6) is 0 Å². The van der Waals surface area contributed by atoms with E-state index in [2.05, 4.69) is 15.4 Å². The molecule has 1 aliphatic rings. The molecule has 0 aromatic carbocycles. The zero-order valence-corrected chi connectivity index (χ0v) is 13.7. The summed E-state index contributed by atoms with van der Waals surface area (Å²) in [6.45, 7) is 5.10. The first kappa shape index (κ1) is 15.5. The standard InChI is InChI=1S/C16H21N5O2/c1-10-7-12(13-8-17-20(3)15(13)18-10)16(23)19-11(2)9-21-6-4-5-14(21)22/h7-8,11H,4-6,9H2,1-3H3,(H,19,23). The Hall–Kier alpha value is -2.44. The topological polar surface area (TPSA) is 80.1 Å². The molecule has 1 saturated heterocycles. The van der Waals surface area contributed by atoms with Crippen molar-refractivity contribution >= 4 is 22.8 Å². The average molecular weight is 315 g/mol. The molecule has 3 rings (SSSR count). The van der Waals surface area contributed by atoms with Crippen molar-refractivity contribution in [1.29, 1.82) is 0 Å². The molecule has 23 heavy (non-hydrogen) atoms. The summed E-state index contributed by atoms with van der Waals surface area (Å²) in [6, 6.07) is 1.66. The second-order valence-corrected chi connectivity index (χ2v) is 6.13. The molecule has 1 fully saturated rings. The van der Waals surface area contributed by atoms with Gasteiger partial charge >= 0.3 is 0 Å². The molecule has 0 saturated carbocycles. The number of likely N-dealkylation sites (tertiary alicyclic amines) is 1. The molecule has 1 N–H and O–H groups in total. The van der Waals surface area contributed by atoms with E-state index >= 15 is 0 Å². The quantitative estimate of drug-likeness (QED) is 0.913. The fourth-order valence-corrected chi connectivity index (χ4v) is 3.00. The smallest absolute Gasteiger partial charge is 0.252 e. The lowest BCUT2D eigenvalue weighted by molar-refractivity contribution is -0.127. The van der Waals surface area contributed by atoms with Gasteiger partial charge in [0.25, 0.3) is 5.91 Å². The molecule has 7 nitrogen and oxygen atoms in total. The fraction of sp³-hybridized carbons (Fsp3) is 0.500. The minimum atomic E-state index is -0.160. The number of hydrogen-bond acceptors (Lipinski definition) is 4. The number of nitrogens with one attached hydrogen (secondary N) is 1. The van der Waals surface area contributed by atoms with Crippen LogP contribution in [0.2, 0.25) is 0 Å². The summed E-state index contributed by atoms with van der Waals surface area (Å²) in [5.41, 5.74) is 2.03. The molecule has 0 spiro atoms. The van der Waals surface area contributed by atoms with Crippen molar-refractivity contribution in [1.82, 2.24) is 25.0 Å². The highest BCUT2D eigenvalue weighted by molar-refractivity contribution is 6.05. The van der Waals surface area contributed by atoms with E-state index in [1.54, 1.807) is 24.0 Å². The van der Waals surface area contributed by atoms with Crippen molar-refractivity contribution < 1.29 is 9.59 Å². The van der Waals surface area contributed by atoms with E-state index < -0.39 is 0 Å². The minimum absolute atomic E-state index is 0.107. The molecule has 7 heteroatoms. The first-order valence-corrected chi connectivity index (χ1v) is 7.83. The molecule has 1 atom stereocenters. The van der Waals surface area contributed by atoms with E-state index in [-0.39, 0.29) is 17.9 Å². The van der Waals surface area contributed by atoms with Crippen molar-refractivity contribution in [3.05, 3.63) is 23.5 Å². The number of rotatable bonds is 4. The molecule has 0 bridgehead atoms. The van der Waals surface area contributed by atoms with Crippen LogP contribution in [0.1, 0.15) is 35.8 Å². The predicted molar refractivity (Wildman–Crippen MR) is 86.0 cm³/mol. The summed E-state index contributed by atoms with van der Waals surface area (Å²) >= 11 is 0. The van der Waals surface area contributed by atoms with Crippen LogP contribution in [0.3, 0.4) is 0 Å². The number of pyridine rings is 1. The lowest BCUT2D eigenvalue weighted by Crippen LogP contribution is -2.42. The molecular weight excluding hydrogens is 294 g/mol. The summed E-state index contributed by atoms with van der Waals surface area (Å²) in [5.74, 6) is 0.00755. The van der Waals surface area contributed by atoms with Gasteiger partial charge in [0.15, 0.2) is 5.65 Å². The van der Waals surface area contributed by atoms with Crippen molar-refractivity contribution in [2.45, 2.75) is 32.7 Å². The molecule has 2 aromatic rings. The fourth-order valence-electron chi connectivity index (χ4n) is 3.00. The monoisotopic (exact) mass is 315 g/mol. The van der Waals surface area contributed by atoms with Gasteiger partial charge in [0.2, 0.25) is 5.91 Å². The van der Waals surface area contributed by atoms with Crippen LogP contribution < -0.4 is 5.32 Å². The Labute approximate surface area is 134 Å². The minimum Gasteiger partial charge on any atom is -0.348 e. The zero-order valence-electron chi connectivity index (χ0n) is 13.7. The number of aryl methyl sites for hydroxylation is 2. The van der Waals surface area contributed by atoms with Crippen LogP contribution >= 0.6 is 0 Å². The summed E-state index contributed by atoms with van der Waals surface area (Å²) in [7, 11) is 1.80. The Morgan fingerprint density at radius 1 is 1.48 bits per heavy atom. The Bertz CT molecular complexity index is 767. The van der Waals surface area contributed by atoms with Gasteiger partial charge in [-0.3, -0.25) is 14.3 Å². The van der Waals surface area contributed by atoms with Crippen molar-refractivity contribution in [2.75, 3.05) is 13.1 Å². The number of carbonyl (C=O) groups excluding carboxylic acids is 2.